The van der Waals surface area contributed by atoms with Crippen molar-refractivity contribution in [3.8, 4) is 5.75 Å². The summed E-state index contributed by atoms with van der Waals surface area (Å²) in [5.41, 5.74) is 1.92. The van der Waals surface area contributed by atoms with E-state index >= 15 is 0 Å². The van der Waals surface area contributed by atoms with Crippen LogP contribution in [0.25, 0.3) is 10.9 Å². The smallest absolute Gasteiger partial charge is 0.225 e. The van der Waals surface area contributed by atoms with Gasteiger partial charge in [0.1, 0.15) is 17.1 Å². The predicted molar refractivity (Wildman–Crippen MR) is 136 cm³/mol. The maximum absolute atomic E-state index is 12.6. The van der Waals surface area contributed by atoms with Gasteiger partial charge < -0.3 is 15.0 Å². The molecular weight excluding hydrogens is 466 g/mol. The number of piperidine rings is 1. The summed E-state index contributed by atoms with van der Waals surface area (Å²) in [6.07, 6.45) is 4.85. The molecule has 0 saturated carbocycles. The fourth-order valence-corrected chi connectivity index (χ4v) is 6.54. The standard InChI is InChI=1S/C24H33N7O3S/c1-3-4-16-35(32,33)30-12-9-18(10-13-30)26-24-27-22-20(6-5-7-21(22)34-2)23(28-24)29-14-15-31-19(17-29)8-11-25-31/h5-8,11,18H,3-4,9-10,12-17H2,1-2H3,(H,26,27,28). The van der Waals surface area contributed by atoms with E-state index in [0.717, 1.165) is 61.3 Å². The van der Waals surface area contributed by atoms with Crippen LogP contribution in [0, 0.1) is 0 Å². The third-order valence-electron chi connectivity index (χ3n) is 6.86. The number of nitrogens with zero attached hydrogens (tertiary/aromatic N) is 6. The highest BCUT2D eigenvalue weighted by molar-refractivity contribution is 7.89. The van der Waals surface area contributed by atoms with Gasteiger partial charge in [-0.15, -0.1) is 0 Å². The number of benzene rings is 1. The zero-order valence-electron chi connectivity index (χ0n) is 20.4. The van der Waals surface area contributed by atoms with E-state index in [1.165, 1.54) is 0 Å². The molecule has 0 bridgehead atoms. The Labute approximate surface area is 206 Å². The summed E-state index contributed by atoms with van der Waals surface area (Å²) in [5.74, 6) is 2.34. The van der Waals surface area contributed by atoms with Gasteiger partial charge in [-0.05, 0) is 37.5 Å². The number of rotatable bonds is 8. The molecule has 0 unspecified atom stereocenters. The molecule has 1 aromatic carbocycles. The fourth-order valence-electron chi connectivity index (χ4n) is 4.86. The van der Waals surface area contributed by atoms with Gasteiger partial charge >= 0.3 is 0 Å². The van der Waals surface area contributed by atoms with Crippen LogP contribution in [0.15, 0.2) is 30.5 Å². The van der Waals surface area contributed by atoms with E-state index in [2.05, 4.69) is 15.3 Å². The molecule has 0 radical (unpaired) electrons. The first-order chi connectivity index (χ1) is 17.0. The van der Waals surface area contributed by atoms with Crippen molar-refractivity contribution in [2.24, 2.45) is 0 Å². The number of aromatic nitrogens is 4. The predicted octanol–water partition coefficient (Wildman–Crippen LogP) is 2.86. The van der Waals surface area contributed by atoms with Crippen molar-refractivity contribution in [2.45, 2.75) is 51.7 Å². The normalized spacial score (nSPS) is 17.5. The molecule has 0 spiro atoms. The Morgan fingerprint density at radius 1 is 1.11 bits per heavy atom. The first-order valence-corrected chi connectivity index (χ1v) is 13.9. The average molecular weight is 500 g/mol. The molecule has 10 nitrogen and oxygen atoms in total. The van der Waals surface area contributed by atoms with Crippen LogP contribution in [0.4, 0.5) is 11.8 Å². The van der Waals surface area contributed by atoms with Crippen molar-refractivity contribution in [1.82, 2.24) is 24.1 Å². The van der Waals surface area contributed by atoms with E-state index in [1.54, 1.807) is 11.4 Å². The largest absolute Gasteiger partial charge is 0.494 e. The molecule has 188 valence electrons. The van der Waals surface area contributed by atoms with Crippen molar-refractivity contribution in [3.05, 3.63) is 36.2 Å². The number of nitrogens with one attached hydrogen (secondary N) is 1. The van der Waals surface area contributed by atoms with E-state index in [4.69, 9.17) is 14.7 Å². The van der Waals surface area contributed by atoms with Crippen LogP contribution >= 0.6 is 0 Å². The van der Waals surface area contributed by atoms with Gasteiger partial charge in [0.2, 0.25) is 16.0 Å². The quantitative estimate of drug-likeness (QED) is 0.504. The first kappa shape index (κ1) is 23.8. The van der Waals surface area contributed by atoms with E-state index < -0.39 is 10.0 Å². The molecule has 0 atom stereocenters. The molecule has 3 aromatic rings. The van der Waals surface area contributed by atoms with Gasteiger partial charge in [-0.2, -0.15) is 10.1 Å². The van der Waals surface area contributed by atoms with Crippen LogP contribution in [0.5, 0.6) is 5.75 Å². The zero-order valence-corrected chi connectivity index (χ0v) is 21.2. The summed E-state index contributed by atoms with van der Waals surface area (Å²) in [6, 6.07) is 8.05. The van der Waals surface area contributed by atoms with Gasteiger partial charge in [-0.1, -0.05) is 19.4 Å². The molecule has 1 N–H and O–H groups in total. The molecule has 5 rings (SSSR count). The van der Waals surface area contributed by atoms with Gasteiger partial charge in [-0.25, -0.2) is 17.7 Å². The number of sulfonamides is 1. The summed E-state index contributed by atoms with van der Waals surface area (Å²) in [7, 11) is -1.53. The Bertz CT molecular complexity index is 1290. The minimum absolute atomic E-state index is 0.107. The minimum Gasteiger partial charge on any atom is -0.494 e. The number of para-hydroxylation sites is 1. The molecule has 1 saturated heterocycles. The highest BCUT2D eigenvalue weighted by atomic mass is 32.2. The maximum atomic E-state index is 12.6. The Morgan fingerprint density at radius 3 is 2.71 bits per heavy atom. The summed E-state index contributed by atoms with van der Waals surface area (Å²) in [6.45, 7) is 5.36. The van der Waals surface area contributed by atoms with Crippen LogP contribution in [0.2, 0.25) is 0 Å². The SMILES string of the molecule is CCCCS(=O)(=O)N1CCC(Nc2nc(N3CCn4nccc4C3)c3cccc(OC)c3n2)CC1. The van der Waals surface area contributed by atoms with Gasteiger partial charge in [-0.3, -0.25) is 4.68 Å². The van der Waals surface area contributed by atoms with Crippen molar-refractivity contribution in [1.29, 1.82) is 0 Å². The molecule has 0 aliphatic carbocycles. The summed E-state index contributed by atoms with van der Waals surface area (Å²) in [4.78, 5) is 12.0. The highest BCUT2D eigenvalue weighted by Gasteiger charge is 2.28. The summed E-state index contributed by atoms with van der Waals surface area (Å²) in [5, 5.41) is 8.82. The number of hydrogen-bond acceptors (Lipinski definition) is 8. The number of hydrogen-bond donors (Lipinski definition) is 1. The number of methoxy groups -OCH3 is 1. The lowest BCUT2D eigenvalue weighted by molar-refractivity contribution is 0.329. The van der Waals surface area contributed by atoms with Crippen LogP contribution < -0.4 is 15.0 Å². The Morgan fingerprint density at radius 2 is 1.94 bits per heavy atom. The molecular formula is C24H33N7O3S. The molecule has 4 heterocycles. The van der Waals surface area contributed by atoms with E-state index in [0.29, 0.717) is 31.2 Å². The number of fused-ring (bicyclic) bond motifs is 2. The van der Waals surface area contributed by atoms with Gasteiger partial charge in [0.05, 0.1) is 31.6 Å². The van der Waals surface area contributed by atoms with Crippen molar-refractivity contribution >= 4 is 32.7 Å². The molecule has 35 heavy (non-hydrogen) atoms. The monoisotopic (exact) mass is 499 g/mol. The second-order valence-electron chi connectivity index (χ2n) is 9.18. The number of ether oxygens (including phenoxy) is 1. The fraction of sp³-hybridized carbons (Fsp3) is 0.542. The van der Waals surface area contributed by atoms with Gasteiger partial charge in [0, 0.05) is 37.3 Å². The molecule has 11 heteroatoms. The van der Waals surface area contributed by atoms with E-state index in [9.17, 15) is 8.42 Å². The van der Waals surface area contributed by atoms with Crippen LogP contribution in [-0.4, -0.2) is 71.0 Å². The Balaban J connectivity index is 1.38. The highest BCUT2D eigenvalue weighted by Crippen LogP contribution is 2.33. The van der Waals surface area contributed by atoms with Crippen LogP contribution in [0.3, 0.4) is 0 Å². The molecule has 0 amide bonds. The Kier molecular flexibility index (Phi) is 6.79. The molecule has 2 aliphatic heterocycles. The molecule has 2 aliphatic rings. The minimum atomic E-state index is -3.18. The average Bonchev–Trinajstić information content (AvgIpc) is 3.35. The summed E-state index contributed by atoms with van der Waals surface area (Å²) < 4.78 is 34.4. The second kappa shape index (κ2) is 9.98. The lowest BCUT2D eigenvalue weighted by Crippen LogP contribution is -2.43. The maximum Gasteiger partial charge on any atom is 0.225 e. The van der Waals surface area contributed by atoms with Crippen molar-refractivity contribution < 1.29 is 13.2 Å². The van der Waals surface area contributed by atoms with Gasteiger partial charge in [0.25, 0.3) is 0 Å². The lowest BCUT2D eigenvalue weighted by atomic mass is 10.1. The zero-order chi connectivity index (χ0) is 24.4. The summed E-state index contributed by atoms with van der Waals surface area (Å²) >= 11 is 0. The third kappa shape index (κ3) is 4.92. The number of anilines is 2. The van der Waals surface area contributed by atoms with Crippen molar-refractivity contribution in [3.63, 3.8) is 0 Å². The second-order valence-corrected chi connectivity index (χ2v) is 11.3. The third-order valence-corrected chi connectivity index (χ3v) is 8.82. The van der Waals surface area contributed by atoms with Crippen LogP contribution in [0.1, 0.15) is 38.3 Å². The Hall–Kier alpha value is -2.92. The number of unbranched alkanes of at least 4 members (excludes halogenated alkanes) is 1. The van der Waals surface area contributed by atoms with Gasteiger partial charge in [0.15, 0.2) is 0 Å². The van der Waals surface area contributed by atoms with Crippen LogP contribution in [-0.2, 0) is 23.1 Å². The lowest BCUT2D eigenvalue weighted by Gasteiger charge is -2.32. The van der Waals surface area contributed by atoms with E-state index in [1.807, 2.05) is 42.1 Å². The molecule has 1 fully saturated rings. The van der Waals surface area contributed by atoms with Crippen molar-refractivity contribution in [2.75, 3.05) is 42.7 Å². The topological polar surface area (TPSA) is 105 Å². The van der Waals surface area contributed by atoms with E-state index in [-0.39, 0.29) is 11.8 Å². The molecule has 2 aromatic heterocycles. The first-order valence-electron chi connectivity index (χ1n) is 12.3.